The Hall–Kier alpha value is -1.59. The number of aliphatic hydroxyl groups is 2. The molecule has 0 amide bonds. The van der Waals surface area contributed by atoms with Crippen LogP contribution in [0.15, 0.2) is 23.3 Å². The lowest BCUT2D eigenvalue weighted by Gasteiger charge is -2.64. The number of carbonyl (C=O) groups excluding carboxylic acids is 3. The van der Waals surface area contributed by atoms with Gasteiger partial charge in [0.05, 0.1) is 0 Å². The van der Waals surface area contributed by atoms with Crippen LogP contribution in [0.1, 0.15) is 93.9 Å². The topological polar surface area (TPSA) is 91.7 Å². The van der Waals surface area contributed by atoms with E-state index in [2.05, 4.69) is 26.8 Å². The number of fused-ring (bicyclic) bond motifs is 5. The quantitative estimate of drug-likeness (QED) is 0.549. The number of ketones is 3. The van der Waals surface area contributed by atoms with Gasteiger partial charge >= 0.3 is 0 Å². The fraction of sp³-hybridized carbons (Fsp3) is 0.767. The number of Topliss-reactive ketones (excluding diaryl/α,β-unsaturated/α-hetero) is 3. The maximum absolute atomic E-state index is 14.2. The summed E-state index contributed by atoms with van der Waals surface area (Å²) in [6, 6.07) is 0. The lowest BCUT2D eigenvalue weighted by Crippen LogP contribution is -2.65. The molecular formula is C30H44O5. The van der Waals surface area contributed by atoms with Crippen LogP contribution < -0.4 is 0 Å². The van der Waals surface area contributed by atoms with Crippen LogP contribution >= 0.6 is 0 Å². The number of carbonyl (C=O) groups is 3. The fourth-order valence-electron chi connectivity index (χ4n) is 8.93. The van der Waals surface area contributed by atoms with Crippen LogP contribution in [0.3, 0.4) is 0 Å². The molecule has 0 unspecified atom stereocenters. The molecule has 3 fully saturated rings. The predicted octanol–water partition coefficient (Wildman–Crippen LogP) is 4.99. The minimum Gasteiger partial charge on any atom is -0.385 e. The van der Waals surface area contributed by atoms with Crippen LogP contribution in [0.4, 0.5) is 0 Å². The lowest BCUT2D eigenvalue weighted by atomic mass is 9.38. The molecule has 0 spiro atoms. The Balaban J connectivity index is 1.76. The van der Waals surface area contributed by atoms with Gasteiger partial charge in [-0.05, 0) is 83.0 Å². The molecule has 2 N–H and O–H groups in total. The molecular weight excluding hydrogens is 440 g/mol. The van der Waals surface area contributed by atoms with Gasteiger partial charge in [-0.25, -0.2) is 0 Å². The molecule has 4 aliphatic carbocycles. The molecule has 0 aliphatic heterocycles. The van der Waals surface area contributed by atoms with Gasteiger partial charge in [-0.2, -0.15) is 0 Å². The van der Waals surface area contributed by atoms with Gasteiger partial charge in [0.2, 0.25) is 0 Å². The van der Waals surface area contributed by atoms with Crippen molar-refractivity contribution in [3.63, 3.8) is 0 Å². The van der Waals surface area contributed by atoms with Gasteiger partial charge in [0.25, 0.3) is 0 Å². The van der Waals surface area contributed by atoms with E-state index in [1.54, 1.807) is 6.92 Å². The van der Waals surface area contributed by atoms with Crippen molar-refractivity contribution in [2.75, 3.05) is 0 Å². The summed E-state index contributed by atoms with van der Waals surface area (Å²) in [4.78, 5) is 40.2. The molecule has 194 valence electrons. The summed E-state index contributed by atoms with van der Waals surface area (Å²) >= 11 is 0. The van der Waals surface area contributed by atoms with Gasteiger partial charge < -0.3 is 10.2 Å². The van der Waals surface area contributed by atoms with E-state index in [1.165, 1.54) is 0 Å². The zero-order valence-electron chi connectivity index (χ0n) is 22.8. The maximum Gasteiger partial charge on any atom is 0.170 e. The second kappa shape index (κ2) is 7.95. The minimum absolute atomic E-state index is 0.0277. The zero-order chi connectivity index (χ0) is 26.4. The molecule has 3 saturated carbocycles. The third kappa shape index (κ3) is 3.36. The van der Waals surface area contributed by atoms with Gasteiger partial charge in [-0.15, -0.1) is 0 Å². The summed E-state index contributed by atoms with van der Waals surface area (Å²) in [5.41, 5.74) is -1.67. The average molecular weight is 485 g/mol. The Morgan fingerprint density at radius 2 is 1.77 bits per heavy atom. The standard InChI is InChI=1S/C30H44O5/c1-17(2)9-12-23(32)30(8,35)22-13-14-27(5)21-11-10-18-19(15-20(31)25(34)26(18,3)4)29(21,7)24(33)16-28(22,27)6/h9-10,19-22,31,35H,11-16H2,1-8H3/t19-,20+,21+,22+,27+,28-,29+,30-/m1/s1. The normalized spacial score (nSPS) is 43.9. The molecule has 0 saturated heterocycles. The Kier molecular flexibility index (Phi) is 6.01. The first kappa shape index (κ1) is 26.5. The second-order valence-electron chi connectivity index (χ2n) is 13.6. The summed E-state index contributed by atoms with van der Waals surface area (Å²) in [6.07, 6.45) is 6.03. The predicted molar refractivity (Wildman–Crippen MR) is 135 cm³/mol. The van der Waals surface area contributed by atoms with Crippen molar-refractivity contribution in [1.29, 1.82) is 0 Å². The van der Waals surface area contributed by atoms with Crippen LogP contribution in [0.25, 0.3) is 0 Å². The first-order valence-electron chi connectivity index (χ1n) is 13.3. The molecule has 35 heavy (non-hydrogen) atoms. The van der Waals surface area contributed by atoms with Crippen LogP contribution in [-0.4, -0.2) is 39.3 Å². The monoisotopic (exact) mass is 484 g/mol. The third-order valence-corrected chi connectivity index (χ3v) is 11.4. The molecule has 4 rings (SSSR count). The summed E-state index contributed by atoms with van der Waals surface area (Å²) < 4.78 is 0. The van der Waals surface area contributed by atoms with E-state index in [0.717, 1.165) is 17.6 Å². The summed E-state index contributed by atoms with van der Waals surface area (Å²) in [5, 5.41) is 22.3. The highest BCUT2D eigenvalue weighted by atomic mass is 16.3. The van der Waals surface area contributed by atoms with Crippen LogP contribution in [0, 0.1) is 39.4 Å². The minimum atomic E-state index is -1.50. The summed E-state index contributed by atoms with van der Waals surface area (Å²) in [5.74, 6) is -0.636. The highest BCUT2D eigenvalue weighted by molar-refractivity contribution is 5.95. The molecule has 4 aliphatic rings. The fourth-order valence-corrected chi connectivity index (χ4v) is 8.93. The van der Waals surface area contributed by atoms with Crippen LogP contribution in [0.2, 0.25) is 0 Å². The Morgan fingerprint density at radius 3 is 2.37 bits per heavy atom. The van der Waals surface area contributed by atoms with E-state index in [0.29, 0.717) is 25.7 Å². The van der Waals surface area contributed by atoms with Gasteiger partial charge in [0.1, 0.15) is 17.5 Å². The smallest absolute Gasteiger partial charge is 0.170 e. The first-order chi connectivity index (χ1) is 16.0. The van der Waals surface area contributed by atoms with E-state index >= 15 is 0 Å². The van der Waals surface area contributed by atoms with Crippen LogP contribution in [-0.2, 0) is 14.4 Å². The number of rotatable bonds is 4. The molecule has 5 nitrogen and oxygen atoms in total. The molecule has 0 heterocycles. The lowest BCUT2D eigenvalue weighted by molar-refractivity contribution is -0.182. The Morgan fingerprint density at radius 1 is 1.14 bits per heavy atom. The molecule has 8 atom stereocenters. The van der Waals surface area contributed by atoms with Crippen molar-refractivity contribution in [2.24, 2.45) is 39.4 Å². The van der Waals surface area contributed by atoms with Crippen molar-refractivity contribution in [3.8, 4) is 0 Å². The van der Waals surface area contributed by atoms with E-state index in [-0.39, 0.29) is 46.9 Å². The van der Waals surface area contributed by atoms with Crippen molar-refractivity contribution in [2.45, 2.75) is 106 Å². The SMILES string of the molecule is CC(C)=CCC(=O)[C@](C)(O)[C@H]1CC[C@@]2(C)[C@@H]3CC=C4[C@@H](C[C@H](O)C(=O)C4(C)C)[C@]3(C)C(=O)C[C@]12C. The highest BCUT2D eigenvalue weighted by Gasteiger charge is 2.72. The molecule has 0 aromatic carbocycles. The molecule has 5 heteroatoms. The van der Waals surface area contributed by atoms with Gasteiger partial charge in [0, 0.05) is 29.6 Å². The van der Waals surface area contributed by atoms with Gasteiger partial charge in [-0.3, -0.25) is 14.4 Å². The van der Waals surface area contributed by atoms with Crippen molar-refractivity contribution in [1.82, 2.24) is 0 Å². The third-order valence-electron chi connectivity index (χ3n) is 11.4. The summed E-state index contributed by atoms with van der Waals surface area (Å²) in [7, 11) is 0. The van der Waals surface area contributed by atoms with E-state index in [4.69, 9.17) is 0 Å². The molecule has 0 bridgehead atoms. The van der Waals surface area contributed by atoms with Gasteiger partial charge in [-0.1, -0.05) is 44.1 Å². The van der Waals surface area contributed by atoms with Crippen LogP contribution in [0.5, 0.6) is 0 Å². The molecule has 0 aromatic heterocycles. The highest BCUT2D eigenvalue weighted by Crippen LogP contribution is 2.74. The number of hydrogen-bond donors (Lipinski definition) is 2. The number of aliphatic hydroxyl groups excluding tert-OH is 1. The van der Waals surface area contributed by atoms with E-state index in [9.17, 15) is 24.6 Å². The number of hydrogen-bond acceptors (Lipinski definition) is 5. The maximum atomic E-state index is 14.2. The summed E-state index contributed by atoms with van der Waals surface area (Å²) in [6.45, 7) is 15.7. The largest absolute Gasteiger partial charge is 0.385 e. The van der Waals surface area contributed by atoms with Crippen molar-refractivity contribution < 1.29 is 24.6 Å². The zero-order valence-corrected chi connectivity index (χ0v) is 22.8. The van der Waals surface area contributed by atoms with Crippen molar-refractivity contribution >= 4 is 17.3 Å². The van der Waals surface area contributed by atoms with E-state index in [1.807, 2.05) is 33.8 Å². The molecule has 0 aromatic rings. The van der Waals surface area contributed by atoms with Crippen molar-refractivity contribution in [3.05, 3.63) is 23.3 Å². The Labute approximate surface area is 210 Å². The van der Waals surface area contributed by atoms with E-state index < -0.39 is 27.9 Å². The van der Waals surface area contributed by atoms with Gasteiger partial charge in [0.15, 0.2) is 11.6 Å². The number of allylic oxidation sites excluding steroid dienone is 4. The first-order valence-corrected chi connectivity index (χ1v) is 13.3. The molecule has 0 radical (unpaired) electrons. The average Bonchev–Trinajstić information content (AvgIpc) is 3.02. The Bertz CT molecular complexity index is 1030. The second-order valence-corrected chi connectivity index (χ2v) is 13.6.